The highest BCUT2D eigenvalue weighted by Crippen LogP contribution is 2.18. The molecule has 0 bridgehead atoms. The number of hydrogen-bond donors (Lipinski definition) is 2. The largest absolute Gasteiger partial charge is 0.461 e. The number of carbonyl (C=O) groups is 3. The fourth-order valence-corrected chi connectivity index (χ4v) is 3.78. The second-order valence-electron chi connectivity index (χ2n) is 7.07. The maximum absolute atomic E-state index is 12.6. The van der Waals surface area contributed by atoms with E-state index in [2.05, 4.69) is 26.6 Å². The molecule has 1 unspecified atom stereocenters. The Morgan fingerprint density at radius 2 is 2.00 bits per heavy atom. The Bertz CT molecular complexity index is 1000. The molecule has 0 spiro atoms. The van der Waals surface area contributed by atoms with E-state index in [1.54, 1.807) is 17.0 Å². The van der Waals surface area contributed by atoms with Gasteiger partial charge in [-0.2, -0.15) is 0 Å². The van der Waals surface area contributed by atoms with Gasteiger partial charge in [0.15, 0.2) is 5.11 Å². The lowest BCUT2D eigenvalue weighted by atomic mass is 10.1. The second-order valence-corrected chi connectivity index (χ2v) is 8.31. The third-order valence-corrected chi connectivity index (χ3v) is 6.04. The summed E-state index contributed by atoms with van der Waals surface area (Å²) in [5.74, 6) is -1.24. The van der Waals surface area contributed by atoms with Crippen molar-refractivity contribution >= 4 is 51.0 Å². The minimum absolute atomic E-state index is 0.0948. The molecule has 0 aliphatic carbocycles. The number of amides is 2. The molecular formula is C22H22BrN3O4S. The van der Waals surface area contributed by atoms with Crippen molar-refractivity contribution < 1.29 is 19.1 Å². The summed E-state index contributed by atoms with van der Waals surface area (Å²) in [7, 11) is 0. The third kappa shape index (κ3) is 6.11. The number of esters is 1. The van der Waals surface area contributed by atoms with Crippen LogP contribution in [0.3, 0.4) is 0 Å². The van der Waals surface area contributed by atoms with Gasteiger partial charge >= 0.3 is 5.97 Å². The Morgan fingerprint density at radius 3 is 2.71 bits per heavy atom. The summed E-state index contributed by atoms with van der Waals surface area (Å²) in [6, 6.07) is 13.6. The average Bonchev–Trinajstić information content (AvgIpc) is 2.76. The molecule has 1 aliphatic heterocycles. The Labute approximate surface area is 194 Å². The number of rotatable bonds is 5. The maximum Gasteiger partial charge on any atom is 0.308 e. The number of benzene rings is 2. The number of nitrogens with zero attached hydrogens (tertiary/aromatic N) is 1. The second kappa shape index (κ2) is 10.5. The van der Waals surface area contributed by atoms with Crippen LogP contribution in [-0.4, -0.2) is 46.9 Å². The number of ether oxygens (including phenoxy) is 1. The molecule has 0 radical (unpaired) electrons. The van der Waals surface area contributed by atoms with Crippen molar-refractivity contribution in [1.82, 2.24) is 15.5 Å². The molecule has 2 N–H and O–H groups in total. The zero-order chi connectivity index (χ0) is 22.4. The van der Waals surface area contributed by atoms with Crippen LogP contribution in [-0.2, 0) is 20.9 Å². The summed E-state index contributed by atoms with van der Waals surface area (Å²) in [6.45, 7) is 2.78. The van der Waals surface area contributed by atoms with E-state index in [4.69, 9.17) is 17.0 Å². The molecule has 31 heavy (non-hydrogen) atoms. The van der Waals surface area contributed by atoms with Crippen LogP contribution < -0.4 is 10.6 Å². The van der Waals surface area contributed by atoms with Gasteiger partial charge in [-0.25, -0.2) is 0 Å². The Hall–Kier alpha value is -2.78. The number of halogens is 1. The van der Waals surface area contributed by atoms with Crippen LogP contribution >= 0.6 is 28.1 Å². The molecule has 2 aromatic carbocycles. The van der Waals surface area contributed by atoms with Gasteiger partial charge in [0, 0.05) is 23.1 Å². The summed E-state index contributed by atoms with van der Waals surface area (Å²) in [5, 5.41) is 5.48. The van der Waals surface area contributed by atoms with E-state index in [9.17, 15) is 14.4 Å². The summed E-state index contributed by atoms with van der Waals surface area (Å²) < 4.78 is 6.11. The van der Waals surface area contributed by atoms with Crippen LogP contribution in [0.2, 0.25) is 0 Å². The molecule has 7 nitrogen and oxygen atoms in total. The number of carbonyl (C=O) groups excluding carboxylic acids is 3. The fourth-order valence-electron chi connectivity index (χ4n) is 3.09. The number of nitrogens with one attached hydrogen (secondary N) is 2. The summed E-state index contributed by atoms with van der Waals surface area (Å²) in [6.07, 6.45) is -0.176. The minimum Gasteiger partial charge on any atom is -0.461 e. The van der Waals surface area contributed by atoms with Crippen molar-refractivity contribution in [2.24, 2.45) is 0 Å². The topological polar surface area (TPSA) is 87.7 Å². The summed E-state index contributed by atoms with van der Waals surface area (Å²) in [5.41, 5.74) is 2.29. The van der Waals surface area contributed by atoms with Gasteiger partial charge in [-0.3, -0.25) is 19.7 Å². The molecule has 162 valence electrons. The highest BCUT2D eigenvalue weighted by Gasteiger charge is 2.34. The third-order valence-electron chi connectivity index (χ3n) is 4.85. The number of thiocarbonyl (C=S) groups is 1. The van der Waals surface area contributed by atoms with Crippen molar-refractivity contribution in [2.45, 2.75) is 26.0 Å². The fraction of sp³-hybridized carbons (Fsp3) is 0.273. The Morgan fingerprint density at radius 1 is 1.26 bits per heavy atom. The molecule has 0 aromatic heterocycles. The van der Waals surface area contributed by atoms with Crippen molar-refractivity contribution in [2.75, 3.05) is 13.1 Å². The van der Waals surface area contributed by atoms with E-state index in [1.807, 2.05) is 43.3 Å². The predicted molar refractivity (Wildman–Crippen MR) is 123 cm³/mol. The molecular weight excluding hydrogens is 482 g/mol. The SMILES string of the molecule is Cc1ccc(C(=O)NC(=S)N2CCNC(=O)C2CC(=O)OCc2ccccc2)cc1Br. The van der Waals surface area contributed by atoms with E-state index in [0.29, 0.717) is 18.7 Å². The van der Waals surface area contributed by atoms with Gasteiger partial charge in [0.1, 0.15) is 12.6 Å². The van der Waals surface area contributed by atoms with E-state index in [1.165, 1.54) is 0 Å². The zero-order valence-corrected chi connectivity index (χ0v) is 19.3. The summed E-state index contributed by atoms with van der Waals surface area (Å²) >= 11 is 8.79. The van der Waals surface area contributed by atoms with Crippen LogP contribution in [0.15, 0.2) is 53.0 Å². The molecule has 3 rings (SSSR count). The first-order chi connectivity index (χ1) is 14.8. The van der Waals surface area contributed by atoms with E-state index >= 15 is 0 Å². The first-order valence-corrected chi connectivity index (χ1v) is 10.9. The Kier molecular flexibility index (Phi) is 7.75. The van der Waals surface area contributed by atoms with Crippen LogP contribution in [0.5, 0.6) is 0 Å². The highest BCUT2D eigenvalue weighted by molar-refractivity contribution is 9.10. The maximum atomic E-state index is 12.6. The summed E-state index contributed by atoms with van der Waals surface area (Å²) in [4.78, 5) is 38.9. The smallest absolute Gasteiger partial charge is 0.308 e. The predicted octanol–water partition coefficient (Wildman–Crippen LogP) is 2.71. The van der Waals surface area contributed by atoms with Gasteiger partial charge < -0.3 is 15.0 Å². The molecule has 1 aliphatic rings. The molecule has 1 fully saturated rings. The van der Waals surface area contributed by atoms with Gasteiger partial charge in [0.25, 0.3) is 5.91 Å². The van der Waals surface area contributed by atoms with Crippen LogP contribution in [0.25, 0.3) is 0 Å². The van der Waals surface area contributed by atoms with Crippen molar-refractivity contribution in [1.29, 1.82) is 0 Å². The van der Waals surface area contributed by atoms with Crippen LogP contribution in [0.4, 0.5) is 0 Å². The number of hydrogen-bond acceptors (Lipinski definition) is 5. The van der Waals surface area contributed by atoms with Gasteiger partial charge in [-0.1, -0.05) is 52.3 Å². The lowest BCUT2D eigenvalue weighted by Crippen LogP contribution is -2.60. The zero-order valence-electron chi connectivity index (χ0n) is 16.9. The lowest BCUT2D eigenvalue weighted by molar-refractivity contribution is -0.148. The molecule has 9 heteroatoms. The van der Waals surface area contributed by atoms with Crippen LogP contribution in [0, 0.1) is 6.92 Å². The molecule has 2 amide bonds. The normalized spacial score (nSPS) is 15.7. The standard InChI is InChI=1S/C22H22BrN3O4S/c1-14-7-8-16(11-17(14)23)20(28)25-22(31)26-10-9-24-21(29)18(26)12-19(27)30-13-15-5-3-2-4-6-15/h2-8,11,18H,9-10,12-13H2,1H3,(H,24,29)(H,25,28,31). The van der Waals surface area contributed by atoms with Gasteiger partial charge in [-0.15, -0.1) is 0 Å². The van der Waals surface area contributed by atoms with Crippen molar-refractivity contribution in [3.8, 4) is 0 Å². The molecule has 0 saturated carbocycles. The van der Waals surface area contributed by atoms with Crippen molar-refractivity contribution in [3.63, 3.8) is 0 Å². The van der Waals surface area contributed by atoms with Gasteiger partial charge in [-0.05, 0) is 42.4 Å². The molecule has 1 heterocycles. The van der Waals surface area contributed by atoms with E-state index in [0.717, 1.165) is 15.6 Å². The first kappa shape index (κ1) is 22.9. The van der Waals surface area contributed by atoms with Crippen molar-refractivity contribution in [3.05, 3.63) is 69.7 Å². The number of aryl methyl sites for hydroxylation is 1. The Balaban J connectivity index is 1.62. The highest BCUT2D eigenvalue weighted by atomic mass is 79.9. The number of piperazine rings is 1. The molecule has 2 aromatic rings. The van der Waals surface area contributed by atoms with Crippen LogP contribution in [0.1, 0.15) is 27.9 Å². The molecule has 1 atom stereocenters. The van der Waals surface area contributed by atoms with Gasteiger partial charge in [0.05, 0.1) is 6.42 Å². The molecule has 1 saturated heterocycles. The lowest BCUT2D eigenvalue weighted by Gasteiger charge is -2.36. The van der Waals surface area contributed by atoms with Gasteiger partial charge in [0.2, 0.25) is 5.91 Å². The van der Waals surface area contributed by atoms with E-state index in [-0.39, 0.29) is 30.0 Å². The minimum atomic E-state index is -0.852. The van der Waals surface area contributed by atoms with E-state index < -0.39 is 12.0 Å². The monoisotopic (exact) mass is 503 g/mol. The quantitative estimate of drug-likeness (QED) is 0.481. The average molecular weight is 504 g/mol. The first-order valence-electron chi connectivity index (χ1n) is 9.70.